The number of methoxy groups -OCH3 is 1. The van der Waals surface area contributed by atoms with Gasteiger partial charge < -0.3 is 10.1 Å². The van der Waals surface area contributed by atoms with E-state index >= 15 is 0 Å². The van der Waals surface area contributed by atoms with E-state index in [2.05, 4.69) is 37.9 Å². The van der Waals surface area contributed by atoms with E-state index in [1.807, 2.05) is 7.05 Å². The highest BCUT2D eigenvalue weighted by Gasteiger charge is 2.35. The van der Waals surface area contributed by atoms with Gasteiger partial charge in [0.05, 0.1) is 6.61 Å². The van der Waals surface area contributed by atoms with Crippen molar-refractivity contribution in [1.29, 1.82) is 0 Å². The van der Waals surface area contributed by atoms with Gasteiger partial charge >= 0.3 is 0 Å². The molecule has 0 aliphatic heterocycles. The maximum Gasteiger partial charge on any atom is 0.0633 e. The van der Waals surface area contributed by atoms with Crippen LogP contribution in [0.1, 0.15) is 34.1 Å². The Morgan fingerprint density at radius 2 is 1.80 bits per heavy atom. The van der Waals surface area contributed by atoms with Gasteiger partial charge in [0.1, 0.15) is 0 Å². The predicted octanol–water partition coefficient (Wildman–Crippen LogP) is 1.73. The first kappa shape index (κ1) is 14.9. The molecule has 0 saturated heterocycles. The quantitative estimate of drug-likeness (QED) is 0.669. The maximum atomic E-state index is 5.29. The van der Waals surface area contributed by atoms with Gasteiger partial charge in [-0.3, -0.25) is 4.90 Å². The van der Waals surface area contributed by atoms with Gasteiger partial charge in [0, 0.05) is 18.7 Å². The molecule has 0 saturated carbocycles. The molecule has 0 amide bonds. The highest BCUT2D eigenvalue weighted by molar-refractivity contribution is 4.95. The number of hydrogen-bond acceptors (Lipinski definition) is 3. The van der Waals surface area contributed by atoms with Crippen molar-refractivity contribution in [3.05, 3.63) is 0 Å². The van der Waals surface area contributed by atoms with Crippen LogP contribution in [0.4, 0.5) is 0 Å². The van der Waals surface area contributed by atoms with E-state index in [0.29, 0.717) is 6.04 Å². The van der Waals surface area contributed by atoms with E-state index in [1.54, 1.807) is 7.11 Å². The smallest absolute Gasteiger partial charge is 0.0633 e. The number of rotatable bonds is 8. The van der Waals surface area contributed by atoms with Crippen LogP contribution in [0.3, 0.4) is 0 Å². The van der Waals surface area contributed by atoms with Gasteiger partial charge in [-0.1, -0.05) is 20.8 Å². The molecule has 0 heterocycles. The van der Waals surface area contributed by atoms with E-state index in [9.17, 15) is 0 Å². The van der Waals surface area contributed by atoms with Crippen molar-refractivity contribution in [2.24, 2.45) is 0 Å². The van der Waals surface area contributed by atoms with Crippen LogP contribution in [-0.4, -0.2) is 50.3 Å². The molecule has 0 aromatic heterocycles. The molecule has 3 nitrogen and oxygen atoms in total. The third-order valence-corrected chi connectivity index (χ3v) is 3.63. The van der Waals surface area contributed by atoms with Crippen molar-refractivity contribution < 1.29 is 4.74 Å². The Labute approximate surface area is 95.2 Å². The molecule has 3 heteroatoms. The minimum atomic E-state index is 0.175. The third kappa shape index (κ3) is 3.44. The molecule has 1 N–H and O–H groups in total. The van der Waals surface area contributed by atoms with Gasteiger partial charge in [0.2, 0.25) is 0 Å². The summed E-state index contributed by atoms with van der Waals surface area (Å²) in [7, 11) is 3.78. The minimum absolute atomic E-state index is 0.175. The van der Waals surface area contributed by atoms with Crippen molar-refractivity contribution in [1.82, 2.24) is 10.2 Å². The van der Waals surface area contributed by atoms with Crippen molar-refractivity contribution in [3.63, 3.8) is 0 Å². The van der Waals surface area contributed by atoms with Crippen LogP contribution in [0.5, 0.6) is 0 Å². The van der Waals surface area contributed by atoms with Crippen molar-refractivity contribution in [3.8, 4) is 0 Å². The number of nitrogens with zero attached hydrogens (tertiary/aromatic N) is 1. The van der Waals surface area contributed by atoms with E-state index in [4.69, 9.17) is 4.74 Å². The number of likely N-dealkylation sites (N-methyl/N-ethyl adjacent to an activating group) is 2. The SMILES string of the molecule is CCN(CC)C(C)(CC)C(COC)NC. The number of nitrogens with one attached hydrogen (secondary N) is 1. The lowest BCUT2D eigenvalue weighted by Crippen LogP contribution is -2.60. The van der Waals surface area contributed by atoms with Crippen molar-refractivity contribution in [2.75, 3.05) is 33.9 Å². The number of ether oxygens (including phenoxy) is 1. The van der Waals surface area contributed by atoms with E-state index in [-0.39, 0.29) is 5.54 Å². The molecule has 0 spiro atoms. The Morgan fingerprint density at radius 1 is 1.27 bits per heavy atom. The lowest BCUT2D eigenvalue weighted by molar-refractivity contribution is 0.0345. The van der Waals surface area contributed by atoms with Crippen LogP contribution in [0, 0.1) is 0 Å². The summed E-state index contributed by atoms with van der Waals surface area (Å²) in [5.41, 5.74) is 0.175. The first-order valence-corrected chi connectivity index (χ1v) is 6.01. The van der Waals surface area contributed by atoms with Gasteiger partial charge in [-0.2, -0.15) is 0 Å². The lowest BCUT2D eigenvalue weighted by Gasteiger charge is -2.45. The molecular formula is C12H28N2O. The first-order valence-electron chi connectivity index (χ1n) is 6.01. The summed E-state index contributed by atoms with van der Waals surface area (Å²) >= 11 is 0. The monoisotopic (exact) mass is 216 g/mol. The summed E-state index contributed by atoms with van der Waals surface area (Å²) in [5.74, 6) is 0. The highest BCUT2D eigenvalue weighted by Crippen LogP contribution is 2.23. The van der Waals surface area contributed by atoms with Gasteiger partial charge in [0.25, 0.3) is 0 Å². The van der Waals surface area contributed by atoms with Crippen LogP contribution >= 0.6 is 0 Å². The van der Waals surface area contributed by atoms with Gasteiger partial charge in [-0.05, 0) is 33.5 Å². The normalized spacial score (nSPS) is 17.8. The van der Waals surface area contributed by atoms with E-state index in [1.165, 1.54) is 0 Å². The van der Waals surface area contributed by atoms with Crippen LogP contribution < -0.4 is 5.32 Å². The molecule has 2 unspecified atom stereocenters. The van der Waals surface area contributed by atoms with Gasteiger partial charge in [-0.25, -0.2) is 0 Å². The average Bonchev–Trinajstić information content (AvgIpc) is 2.27. The summed E-state index contributed by atoms with van der Waals surface area (Å²) < 4.78 is 5.29. The standard InChI is InChI=1S/C12H28N2O/c1-7-12(4,14(8-2)9-3)11(13-5)10-15-6/h11,13H,7-10H2,1-6H3. The molecule has 92 valence electrons. The summed E-state index contributed by atoms with van der Waals surface area (Å²) in [5, 5.41) is 3.38. The van der Waals surface area contributed by atoms with Crippen LogP contribution in [0.15, 0.2) is 0 Å². The van der Waals surface area contributed by atoms with Gasteiger partial charge in [-0.15, -0.1) is 0 Å². The molecular weight excluding hydrogens is 188 g/mol. The van der Waals surface area contributed by atoms with E-state index < -0.39 is 0 Å². The topological polar surface area (TPSA) is 24.5 Å². The summed E-state index contributed by atoms with van der Waals surface area (Å²) in [6.45, 7) is 11.9. The molecule has 0 radical (unpaired) electrons. The van der Waals surface area contributed by atoms with E-state index in [0.717, 1.165) is 26.1 Å². The van der Waals surface area contributed by atoms with Crippen molar-refractivity contribution >= 4 is 0 Å². The second kappa shape index (κ2) is 7.20. The molecule has 15 heavy (non-hydrogen) atoms. The van der Waals surface area contributed by atoms with Gasteiger partial charge in [0.15, 0.2) is 0 Å². The number of hydrogen-bond donors (Lipinski definition) is 1. The Bertz CT molecular complexity index is 160. The Kier molecular flexibility index (Phi) is 7.14. The Morgan fingerprint density at radius 3 is 2.07 bits per heavy atom. The second-order valence-corrected chi connectivity index (χ2v) is 4.18. The Hall–Kier alpha value is -0.120. The molecule has 0 bridgehead atoms. The molecule has 0 aliphatic rings. The van der Waals surface area contributed by atoms with Crippen LogP contribution in [-0.2, 0) is 4.74 Å². The zero-order chi connectivity index (χ0) is 11.9. The minimum Gasteiger partial charge on any atom is -0.383 e. The maximum absolute atomic E-state index is 5.29. The second-order valence-electron chi connectivity index (χ2n) is 4.18. The molecule has 0 fully saturated rings. The Balaban J connectivity index is 4.76. The van der Waals surface area contributed by atoms with Crippen LogP contribution in [0.25, 0.3) is 0 Å². The predicted molar refractivity (Wildman–Crippen MR) is 66.3 cm³/mol. The average molecular weight is 216 g/mol. The molecule has 0 aromatic rings. The molecule has 2 atom stereocenters. The molecule has 0 aromatic carbocycles. The fourth-order valence-corrected chi connectivity index (χ4v) is 2.38. The zero-order valence-corrected chi connectivity index (χ0v) is 11.3. The van der Waals surface area contributed by atoms with Crippen molar-refractivity contribution in [2.45, 2.75) is 45.7 Å². The largest absolute Gasteiger partial charge is 0.383 e. The van der Waals surface area contributed by atoms with Crippen LogP contribution in [0.2, 0.25) is 0 Å². The summed E-state index contributed by atoms with van der Waals surface area (Å²) in [6.07, 6.45) is 1.13. The summed E-state index contributed by atoms with van der Waals surface area (Å²) in [4.78, 5) is 2.51. The fraction of sp³-hybridized carbons (Fsp3) is 1.00. The summed E-state index contributed by atoms with van der Waals surface area (Å²) in [6, 6.07) is 0.382. The highest BCUT2D eigenvalue weighted by atomic mass is 16.5. The first-order chi connectivity index (χ1) is 7.10. The third-order valence-electron chi connectivity index (χ3n) is 3.63. The zero-order valence-electron chi connectivity index (χ0n) is 11.3. The molecule has 0 rings (SSSR count). The fourth-order valence-electron chi connectivity index (χ4n) is 2.38. The lowest BCUT2D eigenvalue weighted by atomic mass is 9.87. The molecule has 0 aliphatic carbocycles.